The zero-order valence-corrected chi connectivity index (χ0v) is 17.2. The molecule has 9 heteroatoms. The fourth-order valence-corrected chi connectivity index (χ4v) is 3.78. The van der Waals surface area contributed by atoms with Crippen molar-refractivity contribution in [1.29, 1.82) is 0 Å². The second-order valence-corrected chi connectivity index (χ2v) is 7.64. The first-order chi connectivity index (χ1) is 14.1. The fourth-order valence-electron chi connectivity index (χ4n) is 3.50. The highest BCUT2D eigenvalue weighted by molar-refractivity contribution is 6.33. The molecule has 2 fully saturated rings. The summed E-state index contributed by atoms with van der Waals surface area (Å²) in [5.41, 5.74) is 1.69. The largest absolute Gasteiger partial charge is 0.378 e. The molecular weight excluding hydrogens is 392 g/mol. The van der Waals surface area contributed by atoms with Crippen LogP contribution in [0.2, 0.25) is 5.02 Å². The van der Waals surface area contributed by atoms with Crippen molar-refractivity contribution >= 4 is 35.0 Å². The van der Waals surface area contributed by atoms with E-state index < -0.39 is 0 Å². The van der Waals surface area contributed by atoms with Crippen LogP contribution < -0.4 is 15.1 Å². The quantitative estimate of drug-likeness (QED) is 0.829. The minimum Gasteiger partial charge on any atom is -0.378 e. The molecular formula is C20H25ClN6O2. The van der Waals surface area contributed by atoms with Gasteiger partial charge in [0.25, 0.3) is 0 Å². The van der Waals surface area contributed by atoms with E-state index >= 15 is 0 Å². The number of piperazine rings is 1. The van der Waals surface area contributed by atoms with Gasteiger partial charge < -0.3 is 24.8 Å². The molecule has 2 amide bonds. The Labute approximate surface area is 175 Å². The number of benzene rings is 1. The summed E-state index contributed by atoms with van der Waals surface area (Å²) in [5.74, 6) is 1.72. The van der Waals surface area contributed by atoms with Crippen molar-refractivity contribution in [2.24, 2.45) is 0 Å². The van der Waals surface area contributed by atoms with Crippen LogP contribution in [0.15, 0.2) is 30.3 Å². The number of nitrogens with one attached hydrogen (secondary N) is 1. The first-order valence-electron chi connectivity index (χ1n) is 9.83. The van der Waals surface area contributed by atoms with Crippen LogP contribution in [0.3, 0.4) is 0 Å². The molecule has 3 heterocycles. The van der Waals surface area contributed by atoms with E-state index in [1.165, 1.54) is 0 Å². The second kappa shape index (κ2) is 8.84. The zero-order valence-electron chi connectivity index (χ0n) is 16.5. The maximum Gasteiger partial charge on any atom is 0.322 e. The Morgan fingerprint density at radius 3 is 2.17 bits per heavy atom. The zero-order chi connectivity index (χ0) is 20.2. The molecule has 0 unspecified atom stereocenters. The monoisotopic (exact) mass is 416 g/mol. The summed E-state index contributed by atoms with van der Waals surface area (Å²) in [5, 5.41) is 12.2. The number of hydrogen-bond donors (Lipinski definition) is 1. The SMILES string of the molecule is Cc1ccc(NC(=O)N2CCN(c3ccc(N4CCOCC4)nn3)CC2)c(Cl)c1. The Hall–Kier alpha value is -2.58. The molecule has 1 N–H and O–H groups in total. The van der Waals surface area contributed by atoms with Gasteiger partial charge in [-0.05, 0) is 36.8 Å². The summed E-state index contributed by atoms with van der Waals surface area (Å²) in [6.45, 7) is 7.74. The van der Waals surface area contributed by atoms with Gasteiger partial charge in [-0.25, -0.2) is 4.79 Å². The third-order valence-corrected chi connectivity index (χ3v) is 5.54. The molecule has 2 aliphatic heterocycles. The number of nitrogens with zero attached hydrogens (tertiary/aromatic N) is 5. The van der Waals surface area contributed by atoms with Gasteiger partial charge in [-0.1, -0.05) is 17.7 Å². The molecule has 0 bridgehead atoms. The highest BCUT2D eigenvalue weighted by atomic mass is 35.5. The van der Waals surface area contributed by atoms with Crippen LogP contribution in [0.25, 0.3) is 0 Å². The van der Waals surface area contributed by atoms with Crippen LogP contribution in [0.5, 0.6) is 0 Å². The van der Waals surface area contributed by atoms with Crippen molar-refractivity contribution < 1.29 is 9.53 Å². The number of urea groups is 1. The molecule has 2 aromatic rings. The Bertz CT molecular complexity index is 849. The minimum atomic E-state index is -0.135. The van der Waals surface area contributed by atoms with E-state index in [2.05, 4.69) is 25.3 Å². The first kappa shape index (κ1) is 19.7. The summed E-state index contributed by atoms with van der Waals surface area (Å²) < 4.78 is 5.38. The normalized spacial score (nSPS) is 17.4. The van der Waals surface area contributed by atoms with Crippen molar-refractivity contribution in [2.45, 2.75) is 6.92 Å². The number of amides is 2. The standard InChI is InChI=1S/C20H25ClN6O2/c1-15-2-3-17(16(21)14-15)22-20(28)27-8-6-25(7-9-27)18-4-5-19(24-23-18)26-10-12-29-13-11-26/h2-5,14H,6-13H2,1H3,(H,22,28). The third kappa shape index (κ3) is 4.71. The molecule has 2 saturated heterocycles. The maximum atomic E-state index is 12.6. The van der Waals surface area contributed by atoms with Gasteiger partial charge in [0, 0.05) is 39.3 Å². The molecule has 2 aliphatic rings. The van der Waals surface area contributed by atoms with Gasteiger partial charge in [0.15, 0.2) is 11.6 Å². The van der Waals surface area contributed by atoms with Crippen molar-refractivity contribution in [3.8, 4) is 0 Å². The molecule has 0 radical (unpaired) electrons. The number of carbonyl (C=O) groups is 1. The van der Waals surface area contributed by atoms with Crippen molar-refractivity contribution in [3.05, 3.63) is 40.9 Å². The number of morpholine rings is 1. The average Bonchev–Trinajstić information content (AvgIpc) is 2.76. The van der Waals surface area contributed by atoms with E-state index in [9.17, 15) is 4.79 Å². The molecule has 0 atom stereocenters. The van der Waals surface area contributed by atoms with Crippen LogP contribution in [0.4, 0.5) is 22.1 Å². The van der Waals surface area contributed by atoms with E-state index in [0.717, 1.165) is 43.5 Å². The Morgan fingerprint density at radius 1 is 0.966 bits per heavy atom. The number of ether oxygens (including phenoxy) is 1. The Kier molecular flexibility index (Phi) is 6.01. The molecule has 1 aromatic heterocycles. The van der Waals surface area contributed by atoms with Crippen LogP contribution in [-0.2, 0) is 4.74 Å². The number of rotatable bonds is 3. The maximum absolute atomic E-state index is 12.6. The number of halogens is 1. The van der Waals surface area contributed by atoms with E-state index in [-0.39, 0.29) is 6.03 Å². The summed E-state index contributed by atoms with van der Waals surface area (Å²) in [7, 11) is 0. The van der Waals surface area contributed by atoms with E-state index in [4.69, 9.17) is 16.3 Å². The number of aryl methyl sites for hydroxylation is 1. The highest BCUT2D eigenvalue weighted by Crippen LogP contribution is 2.23. The lowest BCUT2D eigenvalue weighted by Crippen LogP contribution is -2.50. The average molecular weight is 417 g/mol. The van der Waals surface area contributed by atoms with Gasteiger partial charge in [-0.3, -0.25) is 0 Å². The van der Waals surface area contributed by atoms with Crippen LogP contribution in [0.1, 0.15) is 5.56 Å². The molecule has 0 saturated carbocycles. The van der Waals surface area contributed by atoms with Gasteiger partial charge in [-0.2, -0.15) is 0 Å². The summed E-state index contributed by atoms with van der Waals surface area (Å²) >= 11 is 6.22. The summed E-state index contributed by atoms with van der Waals surface area (Å²) in [6, 6.07) is 9.47. The third-order valence-electron chi connectivity index (χ3n) is 5.23. The van der Waals surface area contributed by atoms with E-state index in [1.54, 1.807) is 4.90 Å². The predicted molar refractivity (Wildman–Crippen MR) is 114 cm³/mol. The summed E-state index contributed by atoms with van der Waals surface area (Å²) in [4.78, 5) is 18.7. The second-order valence-electron chi connectivity index (χ2n) is 7.24. The van der Waals surface area contributed by atoms with Gasteiger partial charge in [0.2, 0.25) is 0 Å². The molecule has 8 nitrogen and oxygen atoms in total. The summed E-state index contributed by atoms with van der Waals surface area (Å²) in [6.07, 6.45) is 0. The van der Waals surface area contributed by atoms with Gasteiger partial charge in [-0.15, -0.1) is 10.2 Å². The number of aromatic nitrogens is 2. The molecule has 154 valence electrons. The van der Waals surface area contributed by atoms with Gasteiger partial charge in [0.05, 0.1) is 23.9 Å². The van der Waals surface area contributed by atoms with Crippen molar-refractivity contribution in [2.75, 3.05) is 67.6 Å². The molecule has 0 aliphatic carbocycles. The van der Waals surface area contributed by atoms with Crippen LogP contribution in [0, 0.1) is 6.92 Å². The predicted octanol–water partition coefficient (Wildman–Crippen LogP) is 2.63. The molecule has 29 heavy (non-hydrogen) atoms. The van der Waals surface area contributed by atoms with Crippen molar-refractivity contribution in [1.82, 2.24) is 15.1 Å². The van der Waals surface area contributed by atoms with Crippen LogP contribution >= 0.6 is 11.6 Å². The lowest BCUT2D eigenvalue weighted by molar-refractivity contribution is 0.122. The van der Waals surface area contributed by atoms with Gasteiger partial charge >= 0.3 is 6.03 Å². The van der Waals surface area contributed by atoms with E-state index in [1.807, 2.05) is 37.3 Å². The fraction of sp³-hybridized carbons (Fsp3) is 0.450. The molecule has 0 spiro atoms. The number of hydrogen-bond acceptors (Lipinski definition) is 6. The highest BCUT2D eigenvalue weighted by Gasteiger charge is 2.23. The smallest absolute Gasteiger partial charge is 0.322 e. The topological polar surface area (TPSA) is 73.8 Å². The lowest BCUT2D eigenvalue weighted by Gasteiger charge is -2.35. The van der Waals surface area contributed by atoms with Crippen LogP contribution in [-0.4, -0.2) is 73.6 Å². The van der Waals surface area contributed by atoms with Crippen molar-refractivity contribution in [3.63, 3.8) is 0 Å². The molecule has 4 rings (SSSR count). The minimum absolute atomic E-state index is 0.135. The molecule has 1 aromatic carbocycles. The number of anilines is 3. The first-order valence-corrected chi connectivity index (χ1v) is 10.2. The Morgan fingerprint density at radius 2 is 1.59 bits per heavy atom. The number of carbonyl (C=O) groups excluding carboxylic acids is 1. The van der Waals surface area contributed by atoms with E-state index in [0.29, 0.717) is 36.9 Å². The lowest BCUT2D eigenvalue weighted by atomic mass is 10.2. The Balaban J connectivity index is 1.31. The van der Waals surface area contributed by atoms with Gasteiger partial charge in [0.1, 0.15) is 0 Å².